The number of nitrogens with two attached hydrogens (primary N) is 1. The predicted octanol–water partition coefficient (Wildman–Crippen LogP) is 1.67. The molecule has 0 heterocycles. The zero-order chi connectivity index (χ0) is 15.2. The van der Waals surface area contributed by atoms with Crippen molar-refractivity contribution in [3.8, 4) is 0 Å². The SMILES string of the molecule is CN(CC(=O)NCCc1cccc(Cl)c1)C(CN)C1CC1. The van der Waals surface area contributed by atoms with Crippen LogP contribution in [0.15, 0.2) is 24.3 Å². The largest absolute Gasteiger partial charge is 0.355 e. The summed E-state index contributed by atoms with van der Waals surface area (Å²) in [6.45, 7) is 1.66. The Hall–Kier alpha value is -1.10. The second-order valence-electron chi connectivity index (χ2n) is 5.79. The molecule has 5 heteroatoms. The normalized spacial score (nSPS) is 16.0. The molecule has 2 rings (SSSR count). The van der Waals surface area contributed by atoms with E-state index in [1.807, 2.05) is 31.3 Å². The van der Waals surface area contributed by atoms with Gasteiger partial charge in [0.2, 0.25) is 5.91 Å². The molecule has 0 radical (unpaired) electrons. The number of nitrogens with one attached hydrogen (secondary N) is 1. The lowest BCUT2D eigenvalue weighted by Gasteiger charge is -2.26. The van der Waals surface area contributed by atoms with Crippen molar-refractivity contribution < 1.29 is 4.79 Å². The second-order valence-corrected chi connectivity index (χ2v) is 6.22. The zero-order valence-electron chi connectivity index (χ0n) is 12.5. The van der Waals surface area contributed by atoms with Crippen LogP contribution in [0, 0.1) is 5.92 Å². The van der Waals surface area contributed by atoms with Crippen LogP contribution in [0.1, 0.15) is 18.4 Å². The molecule has 1 saturated carbocycles. The van der Waals surface area contributed by atoms with Gasteiger partial charge < -0.3 is 11.1 Å². The van der Waals surface area contributed by atoms with Crippen LogP contribution in [0.4, 0.5) is 0 Å². The maximum Gasteiger partial charge on any atom is 0.234 e. The Kier molecular flexibility index (Phi) is 6.03. The summed E-state index contributed by atoms with van der Waals surface area (Å²) in [4.78, 5) is 14.0. The van der Waals surface area contributed by atoms with E-state index in [4.69, 9.17) is 17.3 Å². The fourth-order valence-corrected chi connectivity index (χ4v) is 2.86. The van der Waals surface area contributed by atoms with Gasteiger partial charge in [-0.15, -0.1) is 0 Å². The van der Waals surface area contributed by atoms with Crippen LogP contribution in [0.5, 0.6) is 0 Å². The quantitative estimate of drug-likeness (QED) is 0.768. The summed E-state index contributed by atoms with van der Waals surface area (Å²) in [6.07, 6.45) is 3.27. The molecule has 1 aliphatic carbocycles. The van der Waals surface area contributed by atoms with Crippen molar-refractivity contribution in [3.05, 3.63) is 34.9 Å². The predicted molar refractivity (Wildman–Crippen MR) is 86.4 cm³/mol. The van der Waals surface area contributed by atoms with E-state index in [0.29, 0.717) is 31.6 Å². The molecule has 1 aromatic rings. The fourth-order valence-electron chi connectivity index (χ4n) is 2.65. The molecule has 0 aliphatic heterocycles. The molecule has 0 spiro atoms. The van der Waals surface area contributed by atoms with E-state index in [1.165, 1.54) is 12.8 Å². The molecule has 0 saturated heterocycles. The molecule has 0 aromatic heterocycles. The van der Waals surface area contributed by atoms with Crippen LogP contribution in [0.25, 0.3) is 0 Å². The molecule has 116 valence electrons. The molecule has 1 amide bonds. The van der Waals surface area contributed by atoms with Gasteiger partial charge in [0.25, 0.3) is 0 Å². The first kappa shape index (κ1) is 16.3. The van der Waals surface area contributed by atoms with Gasteiger partial charge >= 0.3 is 0 Å². The van der Waals surface area contributed by atoms with E-state index in [2.05, 4.69) is 10.2 Å². The molecule has 1 aliphatic rings. The molecular formula is C16H24ClN3O. The molecule has 1 fully saturated rings. The molecule has 21 heavy (non-hydrogen) atoms. The van der Waals surface area contributed by atoms with E-state index < -0.39 is 0 Å². The molecule has 1 unspecified atom stereocenters. The lowest BCUT2D eigenvalue weighted by Crippen LogP contribution is -2.45. The van der Waals surface area contributed by atoms with Crippen LogP contribution < -0.4 is 11.1 Å². The number of benzene rings is 1. The van der Waals surface area contributed by atoms with Gasteiger partial charge in [-0.2, -0.15) is 0 Å². The first-order chi connectivity index (χ1) is 10.1. The van der Waals surface area contributed by atoms with Gasteiger partial charge in [0.15, 0.2) is 0 Å². The minimum Gasteiger partial charge on any atom is -0.355 e. The summed E-state index contributed by atoms with van der Waals surface area (Å²) < 4.78 is 0. The summed E-state index contributed by atoms with van der Waals surface area (Å²) in [6, 6.07) is 8.06. The highest BCUT2D eigenvalue weighted by Crippen LogP contribution is 2.34. The van der Waals surface area contributed by atoms with E-state index in [0.717, 1.165) is 17.0 Å². The molecule has 4 nitrogen and oxygen atoms in total. The summed E-state index contributed by atoms with van der Waals surface area (Å²) in [5.74, 6) is 0.734. The smallest absolute Gasteiger partial charge is 0.234 e. The Labute approximate surface area is 131 Å². The van der Waals surface area contributed by atoms with Gasteiger partial charge in [0.05, 0.1) is 6.54 Å². The average Bonchev–Trinajstić information content (AvgIpc) is 3.24. The zero-order valence-corrected chi connectivity index (χ0v) is 13.3. The molecular weight excluding hydrogens is 286 g/mol. The van der Waals surface area contributed by atoms with E-state index >= 15 is 0 Å². The van der Waals surface area contributed by atoms with Gasteiger partial charge in [-0.3, -0.25) is 9.69 Å². The number of hydrogen-bond donors (Lipinski definition) is 2. The summed E-state index contributed by atoms with van der Waals surface area (Å²) in [5, 5.41) is 3.69. The molecule has 1 atom stereocenters. The van der Waals surface area contributed by atoms with Crippen LogP contribution >= 0.6 is 11.6 Å². The number of amides is 1. The van der Waals surface area contributed by atoms with E-state index in [-0.39, 0.29) is 5.91 Å². The Morgan fingerprint density at radius 3 is 2.90 bits per heavy atom. The van der Waals surface area contributed by atoms with Crippen molar-refractivity contribution in [3.63, 3.8) is 0 Å². The van der Waals surface area contributed by atoms with Crippen molar-refractivity contribution in [1.82, 2.24) is 10.2 Å². The highest BCUT2D eigenvalue weighted by Gasteiger charge is 2.33. The number of halogens is 1. The topological polar surface area (TPSA) is 58.4 Å². The summed E-state index contributed by atoms with van der Waals surface area (Å²) in [5.41, 5.74) is 6.93. The fraction of sp³-hybridized carbons (Fsp3) is 0.562. The van der Waals surface area contributed by atoms with Crippen molar-refractivity contribution in [2.45, 2.75) is 25.3 Å². The number of nitrogens with zero attached hydrogens (tertiary/aromatic N) is 1. The minimum absolute atomic E-state index is 0.0543. The Bertz CT molecular complexity index is 476. The van der Waals surface area contributed by atoms with Crippen LogP contribution in [-0.4, -0.2) is 43.5 Å². The average molecular weight is 310 g/mol. The highest BCUT2D eigenvalue weighted by molar-refractivity contribution is 6.30. The van der Waals surface area contributed by atoms with Gasteiger partial charge in [0, 0.05) is 24.2 Å². The maximum atomic E-state index is 12.0. The Morgan fingerprint density at radius 2 is 2.29 bits per heavy atom. The number of carbonyl (C=O) groups is 1. The maximum absolute atomic E-state index is 12.0. The number of carbonyl (C=O) groups excluding carboxylic acids is 1. The van der Waals surface area contributed by atoms with E-state index in [1.54, 1.807) is 0 Å². The number of likely N-dealkylation sites (N-methyl/N-ethyl adjacent to an activating group) is 1. The highest BCUT2D eigenvalue weighted by atomic mass is 35.5. The lowest BCUT2D eigenvalue weighted by atomic mass is 10.1. The second kappa shape index (κ2) is 7.78. The van der Waals surface area contributed by atoms with Crippen molar-refractivity contribution in [2.24, 2.45) is 11.7 Å². The molecule has 0 bridgehead atoms. The monoisotopic (exact) mass is 309 g/mol. The van der Waals surface area contributed by atoms with Crippen LogP contribution in [0.2, 0.25) is 5.02 Å². The van der Waals surface area contributed by atoms with Crippen molar-refractivity contribution >= 4 is 17.5 Å². The Balaban J connectivity index is 1.69. The standard InChI is InChI=1S/C16H24ClN3O/c1-20(15(10-18)13-5-6-13)11-16(21)19-8-7-12-3-2-4-14(17)9-12/h2-4,9,13,15H,5-8,10-11,18H2,1H3,(H,19,21). The van der Waals surface area contributed by atoms with Gasteiger partial charge in [0.1, 0.15) is 0 Å². The first-order valence-electron chi connectivity index (χ1n) is 7.51. The lowest BCUT2D eigenvalue weighted by molar-refractivity contribution is -0.122. The van der Waals surface area contributed by atoms with Crippen molar-refractivity contribution in [2.75, 3.05) is 26.7 Å². The summed E-state index contributed by atoms with van der Waals surface area (Å²) in [7, 11) is 1.98. The van der Waals surface area contributed by atoms with Gasteiger partial charge in [-0.1, -0.05) is 23.7 Å². The third-order valence-corrected chi connectivity index (χ3v) is 4.23. The molecule has 1 aromatic carbocycles. The van der Waals surface area contributed by atoms with E-state index in [9.17, 15) is 4.79 Å². The minimum atomic E-state index is 0.0543. The van der Waals surface area contributed by atoms with Crippen LogP contribution in [0.3, 0.4) is 0 Å². The number of rotatable bonds is 8. The third-order valence-electron chi connectivity index (χ3n) is 3.99. The van der Waals surface area contributed by atoms with Gasteiger partial charge in [-0.05, 0) is 49.9 Å². The van der Waals surface area contributed by atoms with Crippen LogP contribution in [-0.2, 0) is 11.2 Å². The number of hydrogen-bond acceptors (Lipinski definition) is 3. The van der Waals surface area contributed by atoms with Gasteiger partial charge in [-0.25, -0.2) is 0 Å². The first-order valence-corrected chi connectivity index (χ1v) is 7.89. The third kappa shape index (κ3) is 5.30. The van der Waals surface area contributed by atoms with Crippen molar-refractivity contribution in [1.29, 1.82) is 0 Å². The Morgan fingerprint density at radius 1 is 1.52 bits per heavy atom. The molecule has 3 N–H and O–H groups in total. The summed E-state index contributed by atoms with van der Waals surface area (Å²) >= 11 is 5.94.